The van der Waals surface area contributed by atoms with E-state index in [2.05, 4.69) is 11.9 Å². The van der Waals surface area contributed by atoms with Gasteiger partial charge >= 0.3 is 0 Å². The number of hydrogen-bond acceptors (Lipinski definition) is 7. The first kappa shape index (κ1) is 17.1. The summed E-state index contributed by atoms with van der Waals surface area (Å²) < 4.78 is 10.7. The van der Waals surface area contributed by atoms with Crippen LogP contribution >= 0.6 is 0 Å². The Morgan fingerprint density at radius 3 is 2.90 bits per heavy atom. The van der Waals surface area contributed by atoms with Gasteiger partial charge in [-0.15, -0.1) is 0 Å². The molecule has 20 heavy (non-hydrogen) atoms. The molecule has 1 aliphatic heterocycles. The lowest BCUT2D eigenvalue weighted by atomic mass is 10.0. The number of hydrogen-bond donors (Lipinski definition) is 4. The van der Waals surface area contributed by atoms with E-state index in [9.17, 15) is 15.0 Å². The Bertz CT molecular complexity index is 324. The molecule has 0 aromatic rings. The van der Waals surface area contributed by atoms with Gasteiger partial charge in [-0.05, 0) is 0 Å². The topological polar surface area (TPSA) is 108 Å². The molecule has 0 amide bonds. The minimum Gasteiger partial charge on any atom is -0.394 e. The highest BCUT2D eigenvalue weighted by molar-refractivity contribution is 5.53. The molecule has 4 N–H and O–H groups in total. The van der Waals surface area contributed by atoms with Crippen molar-refractivity contribution in [2.75, 3.05) is 19.8 Å². The normalized spacial score (nSPS) is 31.6. The van der Waals surface area contributed by atoms with Crippen molar-refractivity contribution < 1.29 is 29.6 Å². The van der Waals surface area contributed by atoms with Gasteiger partial charge in [0.25, 0.3) is 0 Å². The van der Waals surface area contributed by atoms with Gasteiger partial charge in [0.15, 0.2) is 6.29 Å². The largest absolute Gasteiger partial charge is 0.394 e. The Hall–Kier alpha value is -0.990. The van der Waals surface area contributed by atoms with Gasteiger partial charge < -0.3 is 34.9 Å². The second-order valence-electron chi connectivity index (χ2n) is 4.99. The molecular formula is C13H23NO6. The van der Waals surface area contributed by atoms with E-state index in [0.29, 0.717) is 12.2 Å². The van der Waals surface area contributed by atoms with E-state index in [0.717, 1.165) is 6.29 Å². The number of carbonyl (C=O) groups is 1. The standard InChI is InChI=1S/C13H23NO6/c1-8(5-15)4-14-9(2)7-19-12-3-10(17)13(18)11(6-16)20-12/h5,8,10-14,16-18H,2-4,6-7H2,1H3/t8-,10+,11?,12?,13?/m0/s1. The van der Waals surface area contributed by atoms with E-state index in [1.165, 1.54) is 0 Å². The van der Waals surface area contributed by atoms with Crippen molar-refractivity contribution in [3.63, 3.8) is 0 Å². The average Bonchev–Trinajstić information content (AvgIpc) is 2.45. The number of aldehydes is 1. The molecule has 0 aromatic carbocycles. The summed E-state index contributed by atoms with van der Waals surface area (Å²) in [5.41, 5.74) is 0.587. The van der Waals surface area contributed by atoms with E-state index in [1.807, 2.05) is 0 Å². The molecule has 0 aliphatic carbocycles. The zero-order valence-corrected chi connectivity index (χ0v) is 11.6. The van der Waals surface area contributed by atoms with Crippen molar-refractivity contribution in [1.29, 1.82) is 0 Å². The molecule has 116 valence electrons. The number of rotatable bonds is 8. The van der Waals surface area contributed by atoms with Crippen molar-refractivity contribution in [3.05, 3.63) is 12.3 Å². The van der Waals surface area contributed by atoms with Crippen LogP contribution in [-0.2, 0) is 14.3 Å². The Balaban J connectivity index is 2.30. The van der Waals surface area contributed by atoms with Gasteiger partial charge in [0.2, 0.25) is 0 Å². The van der Waals surface area contributed by atoms with E-state index >= 15 is 0 Å². The number of ether oxygens (including phenoxy) is 2. The van der Waals surface area contributed by atoms with Crippen molar-refractivity contribution in [1.82, 2.24) is 5.32 Å². The van der Waals surface area contributed by atoms with Gasteiger partial charge in [-0.3, -0.25) is 0 Å². The van der Waals surface area contributed by atoms with Crippen LogP contribution < -0.4 is 5.32 Å². The van der Waals surface area contributed by atoms with Crippen molar-refractivity contribution in [2.45, 2.75) is 37.9 Å². The van der Waals surface area contributed by atoms with E-state index < -0.39 is 31.2 Å². The van der Waals surface area contributed by atoms with Crippen LogP contribution in [0.25, 0.3) is 0 Å². The fourth-order valence-electron chi connectivity index (χ4n) is 1.77. The number of carbonyl (C=O) groups excluding carboxylic acids is 1. The van der Waals surface area contributed by atoms with Gasteiger partial charge in [0.05, 0.1) is 19.3 Å². The van der Waals surface area contributed by atoms with Gasteiger partial charge in [-0.25, -0.2) is 0 Å². The SMILES string of the molecule is C=C(COC1C[C@@H](O)C(O)C(CO)O1)NC[C@H](C)C=O. The maximum atomic E-state index is 10.5. The highest BCUT2D eigenvalue weighted by atomic mass is 16.7. The van der Waals surface area contributed by atoms with Crippen LogP contribution in [-0.4, -0.2) is 66.0 Å². The minimum absolute atomic E-state index is 0.117. The highest BCUT2D eigenvalue weighted by Crippen LogP contribution is 2.21. The smallest absolute Gasteiger partial charge is 0.161 e. The van der Waals surface area contributed by atoms with Crippen LogP contribution in [0.2, 0.25) is 0 Å². The summed E-state index contributed by atoms with van der Waals surface area (Å²) in [4.78, 5) is 10.5. The van der Waals surface area contributed by atoms with Crippen LogP contribution in [0.15, 0.2) is 12.3 Å². The monoisotopic (exact) mass is 289 g/mol. The van der Waals surface area contributed by atoms with Crippen molar-refractivity contribution in [2.24, 2.45) is 5.92 Å². The van der Waals surface area contributed by atoms with Crippen LogP contribution in [0.4, 0.5) is 0 Å². The summed E-state index contributed by atoms with van der Waals surface area (Å²) in [6, 6.07) is 0. The molecule has 0 bridgehead atoms. The van der Waals surface area contributed by atoms with Crippen molar-refractivity contribution in [3.8, 4) is 0 Å². The second-order valence-corrected chi connectivity index (χ2v) is 4.99. The number of nitrogens with one attached hydrogen (secondary N) is 1. The van der Waals surface area contributed by atoms with Crippen LogP contribution in [0, 0.1) is 5.92 Å². The molecule has 1 rings (SSSR count). The molecule has 7 nitrogen and oxygen atoms in total. The summed E-state index contributed by atoms with van der Waals surface area (Å²) in [7, 11) is 0. The second kappa shape index (κ2) is 8.33. The lowest BCUT2D eigenvalue weighted by Gasteiger charge is -2.36. The van der Waals surface area contributed by atoms with Gasteiger partial charge in [-0.1, -0.05) is 13.5 Å². The fourth-order valence-corrected chi connectivity index (χ4v) is 1.77. The first-order valence-electron chi connectivity index (χ1n) is 6.59. The third-order valence-electron chi connectivity index (χ3n) is 3.07. The first-order chi connectivity index (χ1) is 9.47. The molecule has 5 atom stereocenters. The van der Waals surface area contributed by atoms with Crippen LogP contribution in [0.1, 0.15) is 13.3 Å². The summed E-state index contributed by atoms with van der Waals surface area (Å²) in [5.74, 6) is -0.117. The zero-order valence-electron chi connectivity index (χ0n) is 11.6. The van der Waals surface area contributed by atoms with E-state index in [4.69, 9.17) is 14.6 Å². The lowest BCUT2D eigenvalue weighted by Crippen LogP contribution is -2.50. The Morgan fingerprint density at radius 1 is 1.60 bits per heavy atom. The maximum Gasteiger partial charge on any atom is 0.161 e. The summed E-state index contributed by atoms with van der Waals surface area (Å²) >= 11 is 0. The number of aliphatic hydroxyl groups excluding tert-OH is 3. The third-order valence-corrected chi connectivity index (χ3v) is 3.07. The molecule has 3 unspecified atom stereocenters. The molecule has 0 saturated carbocycles. The van der Waals surface area contributed by atoms with Gasteiger partial charge in [0, 0.05) is 24.6 Å². The maximum absolute atomic E-state index is 10.5. The first-order valence-corrected chi connectivity index (χ1v) is 6.59. The minimum atomic E-state index is -1.12. The highest BCUT2D eigenvalue weighted by Gasteiger charge is 2.36. The Morgan fingerprint density at radius 2 is 2.30 bits per heavy atom. The lowest BCUT2D eigenvalue weighted by molar-refractivity contribution is -0.254. The van der Waals surface area contributed by atoms with E-state index in [1.54, 1.807) is 6.92 Å². The molecule has 1 heterocycles. The predicted molar refractivity (Wildman–Crippen MR) is 70.7 cm³/mol. The van der Waals surface area contributed by atoms with Gasteiger partial charge in [0.1, 0.15) is 18.5 Å². The zero-order chi connectivity index (χ0) is 15.1. The molecular weight excluding hydrogens is 266 g/mol. The fraction of sp³-hybridized carbons (Fsp3) is 0.769. The molecule has 0 spiro atoms. The molecule has 1 fully saturated rings. The van der Waals surface area contributed by atoms with E-state index in [-0.39, 0.29) is 18.9 Å². The summed E-state index contributed by atoms with van der Waals surface area (Å²) in [6.45, 7) is 5.75. The third kappa shape index (κ3) is 5.18. The number of aliphatic hydroxyl groups is 3. The molecule has 1 aliphatic rings. The molecule has 0 aromatic heterocycles. The quantitative estimate of drug-likeness (QED) is 0.414. The molecule has 0 radical (unpaired) electrons. The predicted octanol–water partition coefficient (Wildman–Crippen LogP) is -1.23. The summed E-state index contributed by atoms with van der Waals surface area (Å²) in [6.07, 6.45) is -2.73. The Kier molecular flexibility index (Phi) is 7.11. The molecule has 7 heteroatoms. The summed E-state index contributed by atoms with van der Waals surface area (Å²) in [5, 5.41) is 31.2. The molecule has 1 saturated heterocycles. The van der Waals surface area contributed by atoms with Gasteiger partial charge in [-0.2, -0.15) is 0 Å². The average molecular weight is 289 g/mol. The van der Waals surface area contributed by atoms with Crippen LogP contribution in [0.3, 0.4) is 0 Å². The Labute approximate surface area is 118 Å². The van der Waals surface area contributed by atoms with Crippen LogP contribution in [0.5, 0.6) is 0 Å². The van der Waals surface area contributed by atoms with Crippen molar-refractivity contribution >= 4 is 6.29 Å².